The number of amides is 1. The maximum atomic E-state index is 15.2. The van der Waals surface area contributed by atoms with Gasteiger partial charge in [0.1, 0.15) is 22.1 Å². The molecule has 0 bridgehead atoms. The Bertz CT molecular complexity index is 1350. The number of amidine groups is 1. The Balaban J connectivity index is 1.47. The van der Waals surface area contributed by atoms with Crippen LogP contribution in [-0.2, 0) is 10.3 Å². The average molecular weight is 512 g/mol. The highest BCUT2D eigenvalue weighted by Gasteiger charge is 2.71. The number of carbonyl (C=O) groups is 1. The Labute approximate surface area is 211 Å². The molecule has 1 aromatic heterocycles. The van der Waals surface area contributed by atoms with Crippen LogP contribution in [-0.4, -0.2) is 44.5 Å². The molecule has 1 aliphatic carbocycles. The first-order valence-electron chi connectivity index (χ1n) is 11.5. The van der Waals surface area contributed by atoms with E-state index in [2.05, 4.69) is 14.8 Å². The predicted molar refractivity (Wildman–Crippen MR) is 134 cm³/mol. The SMILES string of the molecule is [C-]#[N+]c1ccc(/C(F)=C/c2ccc(F)c([C@@]3(C)N=C(N)S[C@@]4(C(=O)N5CCC(C)(F)C5)C[C@H]43)c2)nc1. The van der Waals surface area contributed by atoms with Gasteiger partial charge in [-0.3, -0.25) is 14.8 Å². The van der Waals surface area contributed by atoms with E-state index in [1.807, 2.05) is 0 Å². The van der Waals surface area contributed by atoms with Gasteiger partial charge in [-0.15, -0.1) is 0 Å². The van der Waals surface area contributed by atoms with Crippen LogP contribution in [0.25, 0.3) is 16.7 Å². The van der Waals surface area contributed by atoms with Crippen LogP contribution >= 0.6 is 11.8 Å². The van der Waals surface area contributed by atoms with Crippen molar-refractivity contribution in [1.29, 1.82) is 0 Å². The molecule has 1 saturated heterocycles. The van der Waals surface area contributed by atoms with E-state index in [1.165, 1.54) is 66.2 Å². The lowest BCUT2D eigenvalue weighted by Gasteiger charge is -2.35. The van der Waals surface area contributed by atoms with E-state index in [9.17, 15) is 13.6 Å². The van der Waals surface area contributed by atoms with E-state index in [-0.39, 0.29) is 41.2 Å². The number of hydrogen-bond acceptors (Lipinski definition) is 5. The maximum absolute atomic E-state index is 15.2. The Morgan fingerprint density at radius 2 is 2.11 bits per heavy atom. The van der Waals surface area contributed by atoms with Crippen LogP contribution in [0.15, 0.2) is 41.5 Å². The largest absolute Gasteiger partial charge is 0.378 e. The minimum absolute atomic E-state index is 0.0213. The molecule has 3 heterocycles. The summed E-state index contributed by atoms with van der Waals surface area (Å²) in [6.07, 6.45) is 3.21. The van der Waals surface area contributed by atoms with Crippen molar-refractivity contribution in [2.45, 2.75) is 42.6 Å². The molecule has 0 spiro atoms. The van der Waals surface area contributed by atoms with Crippen molar-refractivity contribution in [2.75, 3.05) is 13.1 Å². The summed E-state index contributed by atoms with van der Waals surface area (Å²) in [5.41, 5.74) is 4.51. The second-order valence-electron chi connectivity index (χ2n) is 9.98. The molecule has 0 radical (unpaired) electrons. The first kappa shape index (κ1) is 24.4. The summed E-state index contributed by atoms with van der Waals surface area (Å²) < 4.78 is 43.6. The first-order valence-corrected chi connectivity index (χ1v) is 12.3. The van der Waals surface area contributed by atoms with E-state index in [1.54, 1.807) is 6.92 Å². The zero-order chi connectivity index (χ0) is 25.9. The van der Waals surface area contributed by atoms with Crippen LogP contribution in [0.1, 0.15) is 43.5 Å². The summed E-state index contributed by atoms with van der Waals surface area (Å²) in [5.74, 6) is -1.72. The fraction of sp³-hybridized carbons (Fsp3) is 0.385. The molecule has 4 atom stereocenters. The molecule has 2 aliphatic heterocycles. The molecule has 36 heavy (non-hydrogen) atoms. The lowest BCUT2D eigenvalue weighted by atomic mass is 9.84. The number of nitrogens with zero attached hydrogens (tertiary/aromatic N) is 4. The van der Waals surface area contributed by atoms with Crippen molar-refractivity contribution in [2.24, 2.45) is 16.6 Å². The highest BCUT2D eigenvalue weighted by atomic mass is 32.2. The Hall–Kier alpha value is -3.32. The number of fused-ring (bicyclic) bond motifs is 1. The van der Waals surface area contributed by atoms with Gasteiger partial charge in [0, 0.05) is 30.6 Å². The molecule has 186 valence electrons. The van der Waals surface area contributed by atoms with E-state index in [0.29, 0.717) is 24.2 Å². The van der Waals surface area contributed by atoms with Gasteiger partial charge in [-0.2, -0.15) is 0 Å². The van der Waals surface area contributed by atoms with Gasteiger partial charge in [-0.25, -0.2) is 18.0 Å². The summed E-state index contributed by atoms with van der Waals surface area (Å²) in [5, 5.41) is 0.164. The Morgan fingerprint density at radius 3 is 2.75 bits per heavy atom. The number of nitrogens with two attached hydrogens (primary N) is 1. The number of halogens is 3. The third-order valence-electron chi connectivity index (χ3n) is 7.24. The van der Waals surface area contributed by atoms with Gasteiger partial charge in [0.2, 0.25) is 11.6 Å². The molecule has 3 aliphatic rings. The van der Waals surface area contributed by atoms with Gasteiger partial charge in [0.05, 0.1) is 24.3 Å². The number of pyridine rings is 1. The minimum Gasteiger partial charge on any atom is -0.378 e. The molecular weight excluding hydrogens is 487 g/mol. The third kappa shape index (κ3) is 4.05. The van der Waals surface area contributed by atoms with Crippen LogP contribution in [0.3, 0.4) is 0 Å². The lowest BCUT2D eigenvalue weighted by Crippen LogP contribution is -2.46. The second kappa shape index (κ2) is 8.37. The molecule has 2 aromatic rings. The van der Waals surface area contributed by atoms with Crippen molar-refractivity contribution in [3.63, 3.8) is 0 Å². The first-order chi connectivity index (χ1) is 17.0. The van der Waals surface area contributed by atoms with Crippen LogP contribution in [0.2, 0.25) is 0 Å². The summed E-state index contributed by atoms with van der Waals surface area (Å²) in [6.45, 7) is 10.5. The van der Waals surface area contributed by atoms with E-state index < -0.39 is 27.6 Å². The summed E-state index contributed by atoms with van der Waals surface area (Å²) in [7, 11) is 0. The normalized spacial score (nSPS) is 31.4. The summed E-state index contributed by atoms with van der Waals surface area (Å²) in [6, 6.07) is 7.06. The highest BCUT2D eigenvalue weighted by molar-refractivity contribution is 8.15. The van der Waals surface area contributed by atoms with E-state index in [0.717, 1.165) is 0 Å². The molecule has 2 N–H and O–H groups in total. The Morgan fingerprint density at radius 1 is 1.33 bits per heavy atom. The maximum Gasteiger partial charge on any atom is 0.239 e. The van der Waals surface area contributed by atoms with Crippen LogP contribution in [0.5, 0.6) is 0 Å². The van der Waals surface area contributed by atoms with Gasteiger partial charge in [0.25, 0.3) is 0 Å². The van der Waals surface area contributed by atoms with Crippen molar-refractivity contribution < 1.29 is 18.0 Å². The highest BCUT2D eigenvalue weighted by Crippen LogP contribution is 2.66. The standard InChI is InChI=1S/C26H24F3N5OS/c1-24(29)8-9-34(14-24)22(35)26-12-21(26)25(2,33-23(30)36-26)17-10-15(4-6-18(17)27)11-19(28)20-7-5-16(31-3)13-32-20/h4-7,10-11,13,21H,8-9,12,14H2,1-2H3,(H2,30,33)/b19-11-/t21-,24?,25+,26-/m0/s1. The summed E-state index contributed by atoms with van der Waals surface area (Å²) >= 11 is 1.17. The molecule has 10 heteroatoms. The van der Waals surface area contributed by atoms with Crippen LogP contribution in [0.4, 0.5) is 18.9 Å². The topological polar surface area (TPSA) is 75.9 Å². The molecular formula is C26H24F3N5OS. The minimum atomic E-state index is -1.43. The lowest BCUT2D eigenvalue weighted by molar-refractivity contribution is -0.131. The quantitative estimate of drug-likeness (QED) is 0.570. The number of thioether (sulfide) groups is 1. The van der Waals surface area contributed by atoms with Crippen molar-refractivity contribution >= 4 is 40.4 Å². The number of hydrogen-bond donors (Lipinski definition) is 1. The van der Waals surface area contributed by atoms with Crippen LogP contribution < -0.4 is 5.73 Å². The monoisotopic (exact) mass is 511 g/mol. The fourth-order valence-corrected chi connectivity index (χ4v) is 6.70. The molecule has 5 rings (SSSR count). The van der Waals surface area contributed by atoms with Crippen molar-refractivity contribution in [1.82, 2.24) is 9.88 Å². The number of carbonyl (C=O) groups excluding carboxylic acids is 1. The molecule has 1 amide bonds. The zero-order valence-corrected chi connectivity index (χ0v) is 20.6. The summed E-state index contributed by atoms with van der Waals surface area (Å²) in [4.78, 5) is 26.8. The smallest absolute Gasteiger partial charge is 0.239 e. The molecule has 6 nitrogen and oxygen atoms in total. The number of benzene rings is 1. The number of aliphatic imine (C=N–C) groups is 1. The average Bonchev–Trinajstić information content (AvgIpc) is 3.48. The van der Waals surface area contributed by atoms with Gasteiger partial charge in [0.15, 0.2) is 5.17 Å². The van der Waals surface area contributed by atoms with Gasteiger partial charge in [-0.05, 0) is 50.1 Å². The van der Waals surface area contributed by atoms with Crippen molar-refractivity contribution in [3.05, 3.63) is 70.6 Å². The fourth-order valence-electron chi connectivity index (χ4n) is 5.25. The van der Waals surface area contributed by atoms with Gasteiger partial charge >= 0.3 is 0 Å². The van der Waals surface area contributed by atoms with E-state index in [4.69, 9.17) is 12.3 Å². The molecule has 1 unspecified atom stereocenters. The van der Waals surface area contributed by atoms with Crippen LogP contribution in [0, 0.1) is 18.3 Å². The molecule has 1 aromatic carbocycles. The molecule has 2 fully saturated rings. The Kier molecular flexibility index (Phi) is 5.67. The molecule has 1 saturated carbocycles. The number of aromatic nitrogens is 1. The van der Waals surface area contributed by atoms with Gasteiger partial charge in [-0.1, -0.05) is 23.9 Å². The van der Waals surface area contributed by atoms with Gasteiger partial charge < -0.3 is 10.6 Å². The second-order valence-corrected chi connectivity index (χ2v) is 11.3. The van der Waals surface area contributed by atoms with Crippen molar-refractivity contribution in [3.8, 4) is 0 Å². The van der Waals surface area contributed by atoms with E-state index >= 15 is 4.39 Å². The number of likely N-dealkylation sites (tertiary alicyclic amines) is 1. The number of alkyl halides is 1. The predicted octanol–water partition coefficient (Wildman–Crippen LogP) is 5.23. The zero-order valence-electron chi connectivity index (χ0n) is 19.8. The number of rotatable bonds is 4. The third-order valence-corrected chi connectivity index (χ3v) is 8.53.